The Hall–Kier alpha value is -1.88. The van der Waals surface area contributed by atoms with Gasteiger partial charge in [0.15, 0.2) is 5.78 Å². The molecule has 2 atom stereocenters. The Balaban J connectivity index is 1.45. The van der Waals surface area contributed by atoms with Crippen LogP contribution in [-0.4, -0.2) is 48.9 Å². The van der Waals surface area contributed by atoms with Crippen LogP contribution in [0.5, 0.6) is 5.75 Å². The number of rotatable bonds is 6. The third-order valence-corrected chi connectivity index (χ3v) is 5.19. The number of ether oxygens (including phenoxy) is 1. The van der Waals surface area contributed by atoms with Gasteiger partial charge in [-0.05, 0) is 50.1 Å². The van der Waals surface area contributed by atoms with Gasteiger partial charge in [0.1, 0.15) is 5.75 Å². The minimum absolute atomic E-state index is 0.00137. The molecule has 5 nitrogen and oxygen atoms in total. The van der Waals surface area contributed by atoms with Crippen molar-refractivity contribution < 1.29 is 14.3 Å². The van der Waals surface area contributed by atoms with E-state index in [4.69, 9.17) is 4.74 Å². The molecule has 2 fully saturated rings. The number of Topliss-reactive ketones (excluding diaryl/α,β-unsaturated/α-hetero) is 1. The summed E-state index contributed by atoms with van der Waals surface area (Å²) in [6.07, 6.45) is 5.24. The lowest BCUT2D eigenvalue weighted by Crippen LogP contribution is -2.46. The molecule has 24 heavy (non-hydrogen) atoms. The van der Waals surface area contributed by atoms with Crippen LogP contribution in [0.25, 0.3) is 0 Å². The third kappa shape index (κ3) is 3.96. The number of nitrogens with one attached hydrogen (secondary N) is 1. The summed E-state index contributed by atoms with van der Waals surface area (Å²) in [5.74, 6) is 0.718. The lowest BCUT2D eigenvalue weighted by Gasteiger charge is -2.32. The molecule has 1 N–H and O–H groups in total. The molecule has 1 aromatic rings. The van der Waals surface area contributed by atoms with E-state index < -0.39 is 0 Å². The Morgan fingerprint density at radius 1 is 1.12 bits per heavy atom. The lowest BCUT2D eigenvalue weighted by atomic mass is 9.99. The van der Waals surface area contributed by atoms with E-state index in [0.29, 0.717) is 11.6 Å². The second-order valence-electron chi connectivity index (χ2n) is 6.71. The first-order chi connectivity index (χ1) is 11.7. The molecule has 5 heteroatoms. The van der Waals surface area contributed by atoms with E-state index in [0.717, 1.165) is 25.3 Å². The summed E-state index contributed by atoms with van der Waals surface area (Å²) >= 11 is 0. The minimum Gasteiger partial charge on any atom is -0.497 e. The van der Waals surface area contributed by atoms with Crippen LogP contribution in [0.15, 0.2) is 24.3 Å². The van der Waals surface area contributed by atoms with Gasteiger partial charge in [0.05, 0.1) is 7.11 Å². The number of carbonyl (C=O) groups is 2. The number of fused-ring (bicyclic) bond motifs is 1. The summed E-state index contributed by atoms with van der Waals surface area (Å²) in [6, 6.07) is 7.78. The van der Waals surface area contributed by atoms with Crippen LogP contribution in [0, 0.1) is 0 Å². The van der Waals surface area contributed by atoms with Gasteiger partial charge in [-0.15, -0.1) is 0 Å². The van der Waals surface area contributed by atoms with Crippen molar-refractivity contribution in [1.29, 1.82) is 0 Å². The molecule has 2 aliphatic rings. The van der Waals surface area contributed by atoms with Gasteiger partial charge in [-0.3, -0.25) is 14.5 Å². The van der Waals surface area contributed by atoms with Gasteiger partial charge >= 0.3 is 0 Å². The van der Waals surface area contributed by atoms with Crippen molar-refractivity contribution in [2.24, 2.45) is 0 Å². The first-order valence-corrected chi connectivity index (χ1v) is 8.88. The predicted octanol–water partition coefficient (Wildman–Crippen LogP) is 2.40. The van der Waals surface area contributed by atoms with Crippen LogP contribution in [0.4, 0.5) is 0 Å². The summed E-state index contributed by atoms with van der Waals surface area (Å²) in [4.78, 5) is 26.9. The minimum atomic E-state index is -0.00529. The van der Waals surface area contributed by atoms with Crippen molar-refractivity contribution in [2.75, 3.05) is 20.2 Å². The standard InChI is InChI=1S/C19H26N2O3/c1-24-15-7-5-14(6-8-15)18(22)9-10-19(23)20-16-11-13-21-12-3-2-4-17(16)21/h5-8,16-17H,2-4,9-13H2,1H3,(H,20,23)/t16-,17+/m0/s1. The Labute approximate surface area is 143 Å². The largest absolute Gasteiger partial charge is 0.497 e. The fourth-order valence-corrected chi connectivity index (χ4v) is 3.84. The summed E-state index contributed by atoms with van der Waals surface area (Å²) in [5, 5.41) is 3.15. The first-order valence-electron chi connectivity index (χ1n) is 8.88. The zero-order valence-electron chi connectivity index (χ0n) is 14.3. The number of carbonyl (C=O) groups excluding carboxylic acids is 2. The van der Waals surface area contributed by atoms with Gasteiger partial charge in [-0.2, -0.15) is 0 Å². The molecule has 0 aromatic heterocycles. The quantitative estimate of drug-likeness (QED) is 0.814. The zero-order valence-corrected chi connectivity index (χ0v) is 14.3. The van der Waals surface area contributed by atoms with Crippen molar-refractivity contribution in [3.8, 4) is 5.75 Å². The maximum absolute atomic E-state index is 12.2. The topological polar surface area (TPSA) is 58.6 Å². The van der Waals surface area contributed by atoms with E-state index >= 15 is 0 Å². The number of methoxy groups -OCH3 is 1. The normalized spacial score (nSPS) is 23.5. The average Bonchev–Trinajstić information content (AvgIpc) is 3.03. The van der Waals surface area contributed by atoms with Crippen LogP contribution in [0.3, 0.4) is 0 Å². The van der Waals surface area contributed by atoms with Crippen LogP contribution < -0.4 is 10.1 Å². The Kier molecular flexibility index (Phi) is 5.51. The molecule has 1 aromatic carbocycles. The highest BCUT2D eigenvalue weighted by molar-refractivity contribution is 5.98. The predicted molar refractivity (Wildman–Crippen MR) is 92.3 cm³/mol. The number of amides is 1. The van der Waals surface area contributed by atoms with Crippen LogP contribution >= 0.6 is 0 Å². The number of hydrogen-bond donors (Lipinski definition) is 1. The highest BCUT2D eigenvalue weighted by Gasteiger charge is 2.36. The average molecular weight is 330 g/mol. The Bertz CT molecular complexity index is 585. The second kappa shape index (κ2) is 7.79. The molecule has 130 valence electrons. The molecular formula is C19H26N2O3. The third-order valence-electron chi connectivity index (χ3n) is 5.19. The first kappa shape index (κ1) is 17.0. The van der Waals surface area contributed by atoms with Crippen molar-refractivity contribution in [3.05, 3.63) is 29.8 Å². The summed E-state index contributed by atoms with van der Waals surface area (Å²) in [5.41, 5.74) is 0.628. The highest BCUT2D eigenvalue weighted by Crippen LogP contribution is 2.27. The van der Waals surface area contributed by atoms with Gasteiger partial charge in [-0.25, -0.2) is 0 Å². The van der Waals surface area contributed by atoms with E-state index in [2.05, 4.69) is 10.2 Å². The maximum Gasteiger partial charge on any atom is 0.220 e. The number of nitrogens with zero attached hydrogens (tertiary/aromatic N) is 1. The Morgan fingerprint density at radius 2 is 1.92 bits per heavy atom. The van der Waals surface area contributed by atoms with E-state index in [-0.39, 0.29) is 30.6 Å². The van der Waals surface area contributed by atoms with Crippen molar-refractivity contribution in [2.45, 2.75) is 50.6 Å². The van der Waals surface area contributed by atoms with E-state index in [1.807, 2.05) is 0 Å². The molecule has 2 saturated heterocycles. The zero-order chi connectivity index (χ0) is 16.9. The fourth-order valence-electron chi connectivity index (χ4n) is 3.84. The molecule has 0 spiro atoms. The molecular weight excluding hydrogens is 304 g/mol. The molecule has 0 aliphatic carbocycles. The van der Waals surface area contributed by atoms with Gasteiger partial charge in [0, 0.05) is 37.0 Å². The SMILES string of the molecule is COc1ccc(C(=O)CCC(=O)N[C@H]2CCN3CCCC[C@H]23)cc1. The number of hydrogen-bond acceptors (Lipinski definition) is 4. The van der Waals surface area contributed by atoms with Gasteiger partial charge < -0.3 is 10.1 Å². The van der Waals surface area contributed by atoms with Crippen molar-refractivity contribution in [3.63, 3.8) is 0 Å². The summed E-state index contributed by atoms with van der Waals surface area (Å²) < 4.78 is 5.09. The van der Waals surface area contributed by atoms with Crippen molar-refractivity contribution >= 4 is 11.7 Å². The molecule has 0 unspecified atom stereocenters. The fraction of sp³-hybridized carbons (Fsp3) is 0.579. The van der Waals surface area contributed by atoms with E-state index in [1.54, 1.807) is 31.4 Å². The smallest absolute Gasteiger partial charge is 0.220 e. The summed E-state index contributed by atoms with van der Waals surface area (Å²) in [6.45, 7) is 2.24. The van der Waals surface area contributed by atoms with Crippen molar-refractivity contribution in [1.82, 2.24) is 10.2 Å². The monoisotopic (exact) mass is 330 g/mol. The number of piperidine rings is 1. The lowest BCUT2D eigenvalue weighted by molar-refractivity contribution is -0.122. The van der Waals surface area contributed by atoms with Gasteiger partial charge in [-0.1, -0.05) is 6.42 Å². The molecule has 0 saturated carbocycles. The molecule has 2 aliphatic heterocycles. The number of benzene rings is 1. The number of ketones is 1. The van der Waals surface area contributed by atoms with Crippen LogP contribution in [0.2, 0.25) is 0 Å². The van der Waals surface area contributed by atoms with Crippen LogP contribution in [0.1, 0.15) is 48.9 Å². The molecule has 1 amide bonds. The second-order valence-corrected chi connectivity index (χ2v) is 6.71. The molecule has 2 heterocycles. The van der Waals surface area contributed by atoms with Gasteiger partial charge in [0.2, 0.25) is 5.91 Å². The molecule has 0 radical (unpaired) electrons. The Morgan fingerprint density at radius 3 is 2.67 bits per heavy atom. The van der Waals surface area contributed by atoms with E-state index in [9.17, 15) is 9.59 Å². The molecule has 0 bridgehead atoms. The van der Waals surface area contributed by atoms with Crippen LogP contribution in [-0.2, 0) is 4.79 Å². The molecule has 3 rings (SSSR count). The maximum atomic E-state index is 12.2. The highest BCUT2D eigenvalue weighted by atomic mass is 16.5. The summed E-state index contributed by atoms with van der Waals surface area (Å²) in [7, 11) is 1.59. The van der Waals surface area contributed by atoms with E-state index in [1.165, 1.54) is 19.3 Å². The van der Waals surface area contributed by atoms with Gasteiger partial charge in [0.25, 0.3) is 0 Å².